The van der Waals surface area contributed by atoms with Crippen LogP contribution in [0, 0.1) is 0 Å². The molecule has 0 fully saturated rings. The number of nitrogens with zero attached hydrogens (tertiary/aromatic N) is 1. The summed E-state index contributed by atoms with van der Waals surface area (Å²) in [6.45, 7) is 6.56. The van der Waals surface area contributed by atoms with Crippen LogP contribution in [0.1, 0.15) is 45.1 Å². The quantitative estimate of drug-likeness (QED) is 0.705. The Hall–Kier alpha value is -0.610. The van der Waals surface area contributed by atoms with E-state index in [2.05, 4.69) is 46.8 Å². The van der Waals surface area contributed by atoms with E-state index in [1.54, 1.807) is 0 Å². The van der Waals surface area contributed by atoms with E-state index in [9.17, 15) is 0 Å². The Morgan fingerprint density at radius 3 is 2.26 bits per heavy atom. The lowest BCUT2D eigenvalue weighted by Gasteiger charge is -2.27. The summed E-state index contributed by atoms with van der Waals surface area (Å²) in [6, 6.07) is 6.19. The Bertz CT molecular complexity index is 413. The second-order valence-corrected chi connectivity index (χ2v) is 6.08. The third kappa shape index (κ3) is 5.11. The molecule has 0 heterocycles. The first-order chi connectivity index (χ1) is 9.10. The van der Waals surface area contributed by atoms with Crippen molar-refractivity contribution in [3.05, 3.63) is 28.2 Å². The van der Waals surface area contributed by atoms with Gasteiger partial charge in [-0.2, -0.15) is 0 Å². The number of halogens is 1. The molecule has 0 bridgehead atoms. The van der Waals surface area contributed by atoms with Gasteiger partial charge in [-0.3, -0.25) is 0 Å². The molecule has 0 spiro atoms. The largest absolute Gasteiger partial charge is 0.389 e. The molecule has 1 rings (SSSR count). The number of nitrogens with two attached hydrogens (primary N) is 1. The summed E-state index contributed by atoms with van der Waals surface area (Å²) in [5.74, 6) is 0. The second-order valence-electron chi connectivity index (χ2n) is 4.72. The predicted molar refractivity (Wildman–Crippen MR) is 92.1 cm³/mol. The molecule has 0 amide bonds. The Balaban J connectivity index is 3.02. The highest BCUT2D eigenvalue weighted by atomic mass is 79.9. The van der Waals surface area contributed by atoms with Gasteiger partial charge in [0.1, 0.15) is 4.99 Å². The summed E-state index contributed by atoms with van der Waals surface area (Å²) < 4.78 is 1.02. The maximum absolute atomic E-state index is 5.86. The van der Waals surface area contributed by atoms with Crippen molar-refractivity contribution < 1.29 is 0 Å². The zero-order chi connectivity index (χ0) is 14.3. The summed E-state index contributed by atoms with van der Waals surface area (Å²) in [5, 5.41) is 0. The molecular weight excluding hydrogens is 320 g/mol. The topological polar surface area (TPSA) is 29.3 Å². The van der Waals surface area contributed by atoms with Gasteiger partial charge in [-0.15, -0.1) is 0 Å². The van der Waals surface area contributed by atoms with Gasteiger partial charge in [-0.25, -0.2) is 0 Å². The first kappa shape index (κ1) is 16.4. The van der Waals surface area contributed by atoms with Gasteiger partial charge in [0.15, 0.2) is 0 Å². The Labute approximate surface area is 130 Å². The molecule has 2 nitrogen and oxygen atoms in total. The third-order valence-corrected chi connectivity index (χ3v) is 3.84. The Morgan fingerprint density at radius 1 is 1.21 bits per heavy atom. The van der Waals surface area contributed by atoms with Crippen LogP contribution >= 0.6 is 28.1 Å². The molecule has 0 unspecified atom stereocenters. The van der Waals surface area contributed by atoms with Gasteiger partial charge >= 0.3 is 0 Å². The van der Waals surface area contributed by atoms with E-state index in [1.165, 1.54) is 25.7 Å². The molecular formula is C15H23BrN2S. The molecule has 0 radical (unpaired) electrons. The molecule has 1 aromatic carbocycles. The molecule has 0 aliphatic rings. The molecule has 0 saturated carbocycles. The fraction of sp³-hybridized carbons (Fsp3) is 0.533. The van der Waals surface area contributed by atoms with Gasteiger partial charge in [0.25, 0.3) is 0 Å². The minimum absolute atomic E-state index is 0.467. The summed E-state index contributed by atoms with van der Waals surface area (Å²) in [5.41, 5.74) is 8.00. The summed E-state index contributed by atoms with van der Waals surface area (Å²) in [4.78, 5) is 2.88. The number of unbranched alkanes of at least 4 members (excludes halogenated alkanes) is 2. The van der Waals surface area contributed by atoms with Gasteiger partial charge in [-0.05, 0) is 31.0 Å². The Kier molecular flexibility index (Phi) is 7.39. The molecule has 0 saturated heterocycles. The number of rotatable bonds is 8. The molecule has 106 valence electrons. The first-order valence-corrected chi connectivity index (χ1v) is 8.14. The van der Waals surface area contributed by atoms with E-state index in [0.29, 0.717) is 4.99 Å². The zero-order valence-electron chi connectivity index (χ0n) is 11.8. The van der Waals surface area contributed by atoms with E-state index in [4.69, 9.17) is 18.0 Å². The zero-order valence-corrected chi connectivity index (χ0v) is 14.2. The van der Waals surface area contributed by atoms with Gasteiger partial charge < -0.3 is 10.6 Å². The molecule has 0 aromatic heterocycles. The van der Waals surface area contributed by atoms with Crippen molar-refractivity contribution in [1.29, 1.82) is 0 Å². The van der Waals surface area contributed by atoms with Gasteiger partial charge in [0.2, 0.25) is 0 Å². The third-order valence-electron chi connectivity index (χ3n) is 3.13. The van der Waals surface area contributed by atoms with Crippen molar-refractivity contribution in [1.82, 2.24) is 0 Å². The molecule has 0 aliphatic carbocycles. The standard InChI is InChI=1S/C15H23BrN2S/c1-3-5-9-18(10-6-4-2)14-8-7-12(16)11-13(14)15(17)19/h7-8,11H,3-6,9-10H2,1-2H3,(H2,17,19). The normalized spacial score (nSPS) is 10.5. The van der Waals surface area contributed by atoms with Crippen LogP contribution in [0.4, 0.5) is 5.69 Å². The minimum Gasteiger partial charge on any atom is -0.389 e. The van der Waals surface area contributed by atoms with Gasteiger partial charge in [-0.1, -0.05) is 54.8 Å². The van der Waals surface area contributed by atoms with Crippen LogP contribution in [0.3, 0.4) is 0 Å². The van der Waals surface area contributed by atoms with Crippen LogP contribution in [-0.2, 0) is 0 Å². The summed E-state index contributed by atoms with van der Waals surface area (Å²) in [7, 11) is 0. The number of hydrogen-bond acceptors (Lipinski definition) is 2. The van der Waals surface area contributed by atoms with Crippen molar-refractivity contribution in [2.24, 2.45) is 5.73 Å². The van der Waals surface area contributed by atoms with Crippen LogP contribution in [0.25, 0.3) is 0 Å². The lowest BCUT2D eigenvalue weighted by molar-refractivity contribution is 0.677. The average Bonchev–Trinajstić information content (AvgIpc) is 2.39. The highest BCUT2D eigenvalue weighted by Gasteiger charge is 2.12. The maximum Gasteiger partial charge on any atom is 0.106 e. The van der Waals surface area contributed by atoms with E-state index in [0.717, 1.165) is 28.8 Å². The number of hydrogen-bond donors (Lipinski definition) is 1. The Morgan fingerprint density at radius 2 is 1.79 bits per heavy atom. The first-order valence-electron chi connectivity index (χ1n) is 6.94. The number of anilines is 1. The number of thiocarbonyl (C=S) groups is 1. The maximum atomic E-state index is 5.86. The van der Waals surface area contributed by atoms with E-state index < -0.39 is 0 Å². The molecule has 0 atom stereocenters. The monoisotopic (exact) mass is 342 g/mol. The summed E-state index contributed by atoms with van der Waals surface area (Å²) in [6.07, 6.45) is 4.77. The minimum atomic E-state index is 0.467. The summed E-state index contributed by atoms with van der Waals surface area (Å²) >= 11 is 8.67. The molecule has 0 aliphatic heterocycles. The smallest absolute Gasteiger partial charge is 0.106 e. The van der Waals surface area contributed by atoms with Crippen LogP contribution in [0.2, 0.25) is 0 Å². The molecule has 1 aromatic rings. The predicted octanol–water partition coefficient (Wildman–Crippen LogP) is 4.49. The van der Waals surface area contributed by atoms with E-state index in [1.807, 2.05) is 6.07 Å². The van der Waals surface area contributed by atoms with Crippen LogP contribution < -0.4 is 10.6 Å². The van der Waals surface area contributed by atoms with Crippen molar-refractivity contribution in [3.8, 4) is 0 Å². The van der Waals surface area contributed by atoms with Crippen molar-refractivity contribution in [2.45, 2.75) is 39.5 Å². The highest BCUT2D eigenvalue weighted by molar-refractivity contribution is 9.10. The fourth-order valence-electron chi connectivity index (χ4n) is 2.03. The molecule has 4 heteroatoms. The van der Waals surface area contributed by atoms with Gasteiger partial charge in [0.05, 0.1) is 0 Å². The van der Waals surface area contributed by atoms with E-state index in [-0.39, 0.29) is 0 Å². The number of benzene rings is 1. The molecule has 2 N–H and O–H groups in total. The van der Waals surface area contributed by atoms with Crippen LogP contribution in [-0.4, -0.2) is 18.1 Å². The van der Waals surface area contributed by atoms with Crippen LogP contribution in [0.5, 0.6) is 0 Å². The van der Waals surface area contributed by atoms with Gasteiger partial charge in [0, 0.05) is 28.8 Å². The lowest BCUT2D eigenvalue weighted by atomic mass is 10.1. The highest BCUT2D eigenvalue weighted by Crippen LogP contribution is 2.25. The van der Waals surface area contributed by atoms with E-state index >= 15 is 0 Å². The second kappa shape index (κ2) is 8.54. The molecule has 19 heavy (non-hydrogen) atoms. The van der Waals surface area contributed by atoms with Crippen LogP contribution in [0.15, 0.2) is 22.7 Å². The van der Waals surface area contributed by atoms with Crippen molar-refractivity contribution >= 4 is 38.8 Å². The van der Waals surface area contributed by atoms with Crippen molar-refractivity contribution in [2.75, 3.05) is 18.0 Å². The fourth-order valence-corrected chi connectivity index (χ4v) is 2.56. The average molecular weight is 343 g/mol. The lowest BCUT2D eigenvalue weighted by Crippen LogP contribution is -2.28. The van der Waals surface area contributed by atoms with Crippen molar-refractivity contribution in [3.63, 3.8) is 0 Å². The SMILES string of the molecule is CCCCN(CCCC)c1ccc(Br)cc1C(N)=S.